The largest absolute Gasteiger partial charge is 0.468 e. The molecule has 1 aliphatic carbocycles. The van der Waals surface area contributed by atoms with Gasteiger partial charge < -0.3 is 15.4 Å². The third-order valence-electron chi connectivity index (χ3n) is 3.98. The van der Waals surface area contributed by atoms with Crippen molar-refractivity contribution >= 4 is 5.97 Å². The van der Waals surface area contributed by atoms with Gasteiger partial charge in [-0.05, 0) is 46.3 Å². The predicted molar refractivity (Wildman–Crippen MR) is 77.0 cm³/mol. The second-order valence-electron chi connectivity index (χ2n) is 5.88. The molecule has 0 bridgehead atoms. The highest BCUT2D eigenvalue weighted by Crippen LogP contribution is 2.32. The zero-order valence-corrected chi connectivity index (χ0v) is 12.8. The van der Waals surface area contributed by atoms with Crippen molar-refractivity contribution in [2.24, 2.45) is 5.73 Å². The Kier molecular flexibility index (Phi) is 6.23. The number of esters is 1. The Morgan fingerprint density at radius 3 is 2.58 bits per heavy atom. The van der Waals surface area contributed by atoms with Gasteiger partial charge in [0.15, 0.2) is 0 Å². The molecular formula is C14H29N3O2. The Morgan fingerprint density at radius 1 is 1.37 bits per heavy atom. The van der Waals surface area contributed by atoms with E-state index in [1.807, 2.05) is 0 Å². The molecule has 0 aliphatic heterocycles. The Labute approximate surface area is 117 Å². The SMILES string of the molecule is CCCN(CCN(C)C)C1CCC(N)(C(=O)OC)C1. The third kappa shape index (κ3) is 4.44. The summed E-state index contributed by atoms with van der Waals surface area (Å²) in [5, 5.41) is 0. The average molecular weight is 271 g/mol. The highest BCUT2D eigenvalue weighted by molar-refractivity contribution is 5.81. The van der Waals surface area contributed by atoms with E-state index in [1.54, 1.807) is 0 Å². The zero-order valence-electron chi connectivity index (χ0n) is 12.8. The summed E-state index contributed by atoms with van der Waals surface area (Å²) in [4.78, 5) is 16.4. The van der Waals surface area contributed by atoms with Gasteiger partial charge >= 0.3 is 5.97 Å². The van der Waals surface area contributed by atoms with Crippen LogP contribution in [0.5, 0.6) is 0 Å². The quantitative estimate of drug-likeness (QED) is 0.690. The van der Waals surface area contributed by atoms with Crippen molar-refractivity contribution in [3.8, 4) is 0 Å². The average Bonchev–Trinajstić information content (AvgIpc) is 2.77. The number of nitrogens with zero attached hydrogens (tertiary/aromatic N) is 2. The summed E-state index contributed by atoms with van der Waals surface area (Å²) in [7, 11) is 5.58. The van der Waals surface area contributed by atoms with Crippen molar-refractivity contribution in [1.82, 2.24) is 9.80 Å². The number of hydrogen-bond donors (Lipinski definition) is 1. The van der Waals surface area contributed by atoms with Crippen LogP contribution in [0.4, 0.5) is 0 Å². The third-order valence-corrected chi connectivity index (χ3v) is 3.98. The number of hydrogen-bond acceptors (Lipinski definition) is 5. The summed E-state index contributed by atoms with van der Waals surface area (Å²) in [6, 6.07) is 0.406. The Hall–Kier alpha value is -0.650. The van der Waals surface area contributed by atoms with Gasteiger partial charge in [-0.15, -0.1) is 0 Å². The molecule has 1 rings (SSSR count). The van der Waals surface area contributed by atoms with Gasteiger partial charge in [0.05, 0.1) is 7.11 Å². The van der Waals surface area contributed by atoms with E-state index in [9.17, 15) is 4.79 Å². The lowest BCUT2D eigenvalue weighted by molar-refractivity contribution is -0.147. The molecule has 0 aromatic carbocycles. The van der Waals surface area contributed by atoms with E-state index in [1.165, 1.54) is 7.11 Å². The second kappa shape index (κ2) is 7.22. The number of ether oxygens (including phenoxy) is 1. The minimum atomic E-state index is -0.774. The highest BCUT2D eigenvalue weighted by Gasteiger charge is 2.44. The maximum absolute atomic E-state index is 11.8. The van der Waals surface area contributed by atoms with E-state index in [4.69, 9.17) is 10.5 Å². The summed E-state index contributed by atoms with van der Waals surface area (Å²) < 4.78 is 4.83. The summed E-state index contributed by atoms with van der Waals surface area (Å²) in [5.74, 6) is -0.265. The molecule has 1 fully saturated rings. The minimum Gasteiger partial charge on any atom is -0.468 e. The normalized spacial score (nSPS) is 27.2. The molecular weight excluding hydrogens is 242 g/mol. The molecule has 0 saturated heterocycles. The molecule has 0 radical (unpaired) electrons. The fourth-order valence-electron chi connectivity index (χ4n) is 2.84. The molecule has 0 aromatic heterocycles. The van der Waals surface area contributed by atoms with Crippen LogP contribution < -0.4 is 5.73 Å². The van der Waals surface area contributed by atoms with Gasteiger partial charge in [-0.1, -0.05) is 6.92 Å². The van der Waals surface area contributed by atoms with Crippen molar-refractivity contribution < 1.29 is 9.53 Å². The van der Waals surface area contributed by atoms with Gasteiger partial charge in [-0.2, -0.15) is 0 Å². The first kappa shape index (κ1) is 16.4. The number of nitrogens with two attached hydrogens (primary N) is 1. The number of methoxy groups -OCH3 is 1. The van der Waals surface area contributed by atoms with Gasteiger partial charge in [-0.25, -0.2) is 0 Å². The molecule has 0 heterocycles. The van der Waals surface area contributed by atoms with Gasteiger partial charge in [0.1, 0.15) is 5.54 Å². The maximum Gasteiger partial charge on any atom is 0.325 e. The summed E-state index contributed by atoms with van der Waals surface area (Å²) in [6.45, 7) is 5.32. The lowest BCUT2D eigenvalue weighted by Crippen LogP contribution is -2.48. The monoisotopic (exact) mass is 271 g/mol. The van der Waals surface area contributed by atoms with Gasteiger partial charge in [0.2, 0.25) is 0 Å². The van der Waals surface area contributed by atoms with Crippen molar-refractivity contribution in [1.29, 1.82) is 0 Å². The zero-order chi connectivity index (χ0) is 14.5. The number of carbonyl (C=O) groups excluding carboxylic acids is 1. The van der Waals surface area contributed by atoms with Crippen LogP contribution in [0, 0.1) is 0 Å². The van der Waals surface area contributed by atoms with Crippen LogP contribution in [0.25, 0.3) is 0 Å². The fourth-order valence-corrected chi connectivity index (χ4v) is 2.84. The van der Waals surface area contributed by atoms with Gasteiger partial charge in [0, 0.05) is 19.1 Å². The van der Waals surface area contributed by atoms with Crippen LogP contribution in [0.15, 0.2) is 0 Å². The first-order valence-electron chi connectivity index (χ1n) is 7.19. The molecule has 0 amide bonds. The topological polar surface area (TPSA) is 58.8 Å². The Morgan fingerprint density at radius 2 is 2.05 bits per heavy atom. The maximum atomic E-state index is 11.8. The van der Waals surface area contributed by atoms with Crippen LogP contribution in [0.3, 0.4) is 0 Å². The Balaban J connectivity index is 2.59. The first-order chi connectivity index (χ1) is 8.92. The number of rotatable bonds is 7. The molecule has 19 heavy (non-hydrogen) atoms. The van der Waals surface area contributed by atoms with Crippen LogP contribution in [-0.4, -0.2) is 68.2 Å². The molecule has 2 N–H and O–H groups in total. The van der Waals surface area contributed by atoms with E-state index in [2.05, 4.69) is 30.8 Å². The molecule has 1 saturated carbocycles. The smallest absolute Gasteiger partial charge is 0.325 e. The second-order valence-corrected chi connectivity index (χ2v) is 5.88. The van der Waals surface area contributed by atoms with E-state index in [0.29, 0.717) is 12.5 Å². The first-order valence-corrected chi connectivity index (χ1v) is 7.19. The van der Waals surface area contributed by atoms with Crippen LogP contribution in [-0.2, 0) is 9.53 Å². The molecule has 2 unspecified atom stereocenters. The lowest BCUT2D eigenvalue weighted by Gasteiger charge is -2.30. The predicted octanol–water partition coefficient (Wildman–Crippen LogP) is 0.683. The molecule has 2 atom stereocenters. The lowest BCUT2D eigenvalue weighted by atomic mass is 9.99. The summed E-state index contributed by atoms with van der Waals surface area (Å²) >= 11 is 0. The molecule has 0 spiro atoms. The van der Waals surface area contributed by atoms with E-state index in [0.717, 1.165) is 38.9 Å². The van der Waals surface area contributed by atoms with Crippen molar-refractivity contribution in [3.63, 3.8) is 0 Å². The van der Waals surface area contributed by atoms with Crippen LogP contribution in [0.1, 0.15) is 32.6 Å². The number of likely N-dealkylation sites (N-methyl/N-ethyl adjacent to an activating group) is 1. The number of carbonyl (C=O) groups is 1. The van der Waals surface area contributed by atoms with Crippen molar-refractivity contribution in [2.75, 3.05) is 40.8 Å². The molecule has 5 heteroatoms. The Bertz CT molecular complexity index is 296. The van der Waals surface area contributed by atoms with E-state index < -0.39 is 5.54 Å². The highest BCUT2D eigenvalue weighted by atomic mass is 16.5. The van der Waals surface area contributed by atoms with Crippen LogP contribution >= 0.6 is 0 Å². The fraction of sp³-hybridized carbons (Fsp3) is 0.929. The van der Waals surface area contributed by atoms with E-state index >= 15 is 0 Å². The van der Waals surface area contributed by atoms with Crippen molar-refractivity contribution in [2.45, 2.75) is 44.2 Å². The molecule has 0 aromatic rings. The van der Waals surface area contributed by atoms with Crippen molar-refractivity contribution in [3.05, 3.63) is 0 Å². The summed E-state index contributed by atoms with van der Waals surface area (Å²) in [6.07, 6.45) is 3.55. The van der Waals surface area contributed by atoms with E-state index in [-0.39, 0.29) is 5.97 Å². The van der Waals surface area contributed by atoms with Gasteiger partial charge in [0.25, 0.3) is 0 Å². The van der Waals surface area contributed by atoms with Crippen LogP contribution in [0.2, 0.25) is 0 Å². The molecule has 1 aliphatic rings. The summed E-state index contributed by atoms with van der Waals surface area (Å²) in [5.41, 5.74) is 5.41. The molecule has 5 nitrogen and oxygen atoms in total. The minimum absolute atomic E-state index is 0.265. The standard InChI is InChI=1S/C14H29N3O2/c1-5-8-17(10-9-16(2)3)12-6-7-14(15,11-12)13(18)19-4/h12H,5-11,15H2,1-4H3. The van der Waals surface area contributed by atoms with Gasteiger partial charge in [-0.3, -0.25) is 9.69 Å². The molecule has 112 valence electrons.